The Morgan fingerprint density at radius 1 is 1.00 bits per heavy atom. The molecule has 0 saturated carbocycles. The number of benzene rings is 2. The number of carbonyl (C=O) groups is 1. The normalized spacial score (nSPS) is 15.3. The molecule has 2 N–H and O–H groups in total. The summed E-state index contributed by atoms with van der Waals surface area (Å²) in [5.74, 6) is 2.78. The molecular weight excluding hydrogens is 336 g/mol. The monoisotopic (exact) mass is 358 g/mol. The van der Waals surface area contributed by atoms with Crippen molar-refractivity contribution < 1.29 is 23.7 Å². The minimum Gasteiger partial charge on any atom is -0.497 e. The number of fused-ring (bicyclic) bond motifs is 1. The van der Waals surface area contributed by atoms with E-state index in [0.29, 0.717) is 30.2 Å². The van der Waals surface area contributed by atoms with Crippen LogP contribution >= 0.6 is 0 Å². The van der Waals surface area contributed by atoms with Crippen LogP contribution < -0.4 is 29.6 Å². The van der Waals surface area contributed by atoms with Crippen molar-refractivity contribution in [3.63, 3.8) is 0 Å². The fraction of sp³-hybridized carbons (Fsp3) is 0.316. The number of hydrogen-bond acceptors (Lipinski definition) is 5. The maximum Gasteiger partial charge on any atom is 0.319 e. The van der Waals surface area contributed by atoms with Crippen LogP contribution in [0, 0.1) is 0 Å². The number of anilines is 1. The van der Waals surface area contributed by atoms with E-state index in [1.165, 1.54) is 0 Å². The number of carbonyl (C=O) groups excluding carboxylic acids is 1. The van der Waals surface area contributed by atoms with Gasteiger partial charge in [-0.1, -0.05) is 0 Å². The Labute approximate surface area is 152 Å². The third kappa shape index (κ3) is 4.11. The van der Waals surface area contributed by atoms with Gasteiger partial charge in [0.25, 0.3) is 0 Å². The van der Waals surface area contributed by atoms with E-state index < -0.39 is 0 Å². The Bertz CT molecular complexity index is 771. The van der Waals surface area contributed by atoms with E-state index in [0.717, 1.165) is 17.1 Å². The number of rotatable bonds is 5. The molecule has 1 heterocycles. The van der Waals surface area contributed by atoms with Crippen LogP contribution in [0.15, 0.2) is 36.4 Å². The van der Waals surface area contributed by atoms with Crippen LogP contribution in [0.2, 0.25) is 0 Å². The van der Waals surface area contributed by atoms with Gasteiger partial charge in [0, 0.05) is 23.9 Å². The molecule has 0 fully saturated rings. The van der Waals surface area contributed by atoms with E-state index in [4.69, 9.17) is 18.9 Å². The molecule has 0 saturated heterocycles. The molecule has 2 aromatic carbocycles. The summed E-state index contributed by atoms with van der Waals surface area (Å²) in [5.41, 5.74) is 1.58. The van der Waals surface area contributed by atoms with Crippen molar-refractivity contribution in [2.24, 2.45) is 0 Å². The van der Waals surface area contributed by atoms with Crippen molar-refractivity contribution in [2.45, 2.75) is 12.5 Å². The van der Waals surface area contributed by atoms with E-state index in [1.807, 2.05) is 18.2 Å². The van der Waals surface area contributed by atoms with E-state index >= 15 is 0 Å². The first-order valence-corrected chi connectivity index (χ1v) is 8.21. The highest BCUT2D eigenvalue weighted by Crippen LogP contribution is 2.29. The van der Waals surface area contributed by atoms with Crippen LogP contribution in [-0.4, -0.2) is 40.0 Å². The number of amides is 2. The molecule has 0 aromatic heterocycles. The molecule has 0 spiro atoms. The van der Waals surface area contributed by atoms with Gasteiger partial charge in [-0.15, -0.1) is 0 Å². The number of nitrogens with one attached hydrogen (secondary N) is 2. The SMILES string of the molecule is COc1cc(NC(=O)NC2COc3ccc(OC)cc3C2)cc(OC)c1. The highest BCUT2D eigenvalue weighted by atomic mass is 16.5. The molecule has 7 nitrogen and oxygen atoms in total. The van der Waals surface area contributed by atoms with Crippen molar-refractivity contribution in [3.8, 4) is 23.0 Å². The van der Waals surface area contributed by atoms with Gasteiger partial charge >= 0.3 is 6.03 Å². The summed E-state index contributed by atoms with van der Waals surface area (Å²) in [6.07, 6.45) is 0.668. The van der Waals surface area contributed by atoms with Crippen LogP contribution in [0.1, 0.15) is 5.56 Å². The largest absolute Gasteiger partial charge is 0.497 e. The van der Waals surface area contributed by atoms with Crippen LogP contribution in [-0.2, 0) is 6.42 Å². The van der Waals surface area contributed by atoms with Crippen molar-refractivity contribution in [1.82, 2.24) is 5.32 Å². The zero-order valence-corrected chi connectivity index (χ0v) is 15.0. The lowest BCUT2D eigenvalue weighted by molar-refractivity contribution is 0.222. The van der Waals surface area contributed by atoms with E-state index in [-0.39, 0.29) is 12.1 Å². The molecule has 2 aromatic rings. The Balaban J connectivity index is 1.63. The summed E-state index contributed by atoms with van der Waals surface area (Å²) in [6.45, 7) is 0.411. The van der Waals surface area contributed by atoms with Gasteiger partial charge < -0.3 is 29.6 Å². The van der Waals surface area contributed by atoms with Crippen LogP contribution in [0.3, 0.4) is 0 Å². The first-order chi connectivity index (χ1) is 12.6. The topological polar surface area (TPSA) is 78.1 Å². The third-order valence-corrected chi connectivity index (χ3v) is 4.12. The van der Waals surface area contributed by atoms with E-state index in [9.17, 15) is 4.79 Å². The summed E-state index contributed by atoms with van der Waals surface area (Å²) in [6, 6.07) is 10.4. The summed E-state index contributed by atoms with van der Waals surface area (Å²) in [5, 5.41) is 5.72. The Kier molecular flexibility index (Phi) is 5.36. The van der Waals surface area contributed by atoms with Crippen LogP contribution in [0.25, 0.3) is 0 Å². The predicted octanol–water partition coefficient (Wildman–Crippen LogP) is 2.84. The van der Waals surface area contributed by atoms with Gasteiger partial charge in [0.05, 0.1) is 27.4 Å². The molecule has 1 atom stereocenters. The quantitative estimate of drug-likeness (QED) is 0.859. The van der Waals surface area contributed by atoms with Crippen molar-refractivity contribution >= 4 is 11.7 Å². The Hall–Kier alpha value is -3.09. The van der Waals surface area contributed by atoms with E-state index in [2.05, 4.69) is 10.6 Å². The molecule has 138 valence electrons. The Morgan fingerprint density at radius 2 is 1.69 bits per heavy atom. The smallest absolute Gasteiger partial charge is 0.319 e. The van der Waals surface area contributed by atoms with Gasteiger partial charge in [0.2, 0.25) is 0 Å². The van der Waals surface area contributed by atoms with Crippen LogP contribution in [0.5, 0.6) is 23.0 Å². The molecule has 0 aliphatic carbocycles. The molecule has 0 radical (unpaired) electrons. The average molecular weight is 358 g/mol. The molecule has 1 aliphatic rings. The van der Waals surface area contributed by atoms with Gasteiger partial charge in [0.1, 0.15) is 29.6 Å². The minimum atomic E-state index is -0.319. The number of urea groups is 1. The molecule has 1 aliphatic heterocycles. The third-order valence-electron chi connectivity index (χ3n) is 4.12. The molecule has 7 heteroatoms. The fourth-order valence-electron chi connectivity index (χ4n) is 2.82. The number of methoxy groups -OCH3 is 3. The molecule has 1 unspecified atom stereocenters. The van der Waals surface area contributed by atoms with Crippen LogP contribution in [0.4, 0.5) is 10.5 Å². The van der Waals surface area contributed by atoms with Gasteiger partial charge in [-0.05, 0) is 30.2 Å². The molecule has 2 amide bonds. The van der Waals surface area contributed by atoms with Crippen molar-refractivity contribution in [2.75, 3.05) is 33.3 Å². The molecule has 3 rings (SSSR count). The lowest BCUT2D eigenvalue weighted by Crippen LogP contribution is -2.44. The highest BCUT2D eigenvalue weighted by Gasteiger charge is 2.22. The van der Waals surface area contributed by atoms with Gasteiger partial charge in [-0.2, -0.15) is 0 Å². The second-order valence-electron chi connectivity index (χ2n) is 5.89. The van der Waals surface area contributed by atoms with Gasteiger partial charge in [-0.3, -0.25) is 0 Å². The van der Waals surface area contributed by atoms with E-state index in [1.54, 1.807) is 39.5 Å². The fourth-order valence-corrected chi connectivity index (χ4v) is 2.82. The number of ether oxygens (including phenoxy) is 4. The maximum atomic E-state index is 12.3. The lowest BCUT2D eigenvalue weighted by atomic mass is 10.0. The maximum absolute atomic E-state index is 12.3. The molecule has 0 bridgehead atoms. The Morgan fingerprint density at radius 3 is 2.35 bits per heavy atom. The summed E-state index contributed by atoms with van der Waals surface area (Å²) in [7, 11) is 4.74. The summed E-state index contributed by atoms with van der Waals surface area (Å²) >= 11 is 0. The lowest BCUT2D eigenvalue weighted by Gasteiger charge is -2.26. The predicted molar refractivity (Wildman–Crippen MR) is 97.7 cm³/mol. The second kappa shape index (κ2) is 7.86. The first kappa shape index (κ1) is 17.7. The molecular formula is C19H22N2O5. The standard InChI is InChI=1S/C19H22N2O5/c1-23-15-4-5-18-12(7-15)6-14(11-26-18)21-19(22)20-13-8-16(24-2)10-17(9-13)25-3/h4-5,7-10,14H,6,11H2,1-3H3,(H2,20,21,22). The first-order valence-electron chi connectivity index (χ1n) is 8.21. The highest BCUT2D eigenvalue weighted by molar-refractivity contribution is 5.90. The minimum absolute atomic E-state index is 0.137. The average Bonchev–Trinajstić information content (AvgIpc) is 2.66. The number of hydrogen-bond donors (Lipinski definition) is 2. The molecule has 26 heavy (non-hydrogen) atoms. The zero-order valence-electron chi connectivity index (χ0n) is 15.0. The summed E-state index contributed by atoms with van der Waals surface area (Å²) < 4.78 is 21.4. The second-order valence-corrected chi connectivity index (χ2v) is 5.89. The van der Waals surface area contributed by atoms with Crippen molar-refractivity contribution in [3.05, 3.63) is 42.0 Å². The zero-order chi connectivity index (χ0) is 18.5. The van der Waals surface area contributed by atoms with Gasteiger partial charge in [-0.25, -0.2) is 4.79 Å². The van der Waals surface area contributed by atoms with Gasteiger partial charge in [0.15, 0.2) is 0 Å². The summed E-state index contributed by atoms with van der Waals surface area (Å²) in [4.78, 5) is 12.3. The van der Waals surface area contributed by atoms with Crippen molar-refractivity contribution in [1.29, 1.82) is 0 Å².